The van der Waals surface area contributed by atoms with Crippen LogP contribution in [0.25, 0.3) is 0 Å². The number of hydrogen-bond acceptors (Lipinski definition) is 3. The lowest BCUT2D eigenvalue weighted by atomic mass is 9.91. The lowest BCUT2D eigenvalue weighted by Crippen LogP contribution is -2.37. The van der Waals surface area contributed by atoms with E-state index in [1.54, 1.807) is 6.20 Å². The number of aliphatic imine (C=N–C) groups is 1. The summed E-state index contributed by atoms with van der Waals surface area (Å²) in [6.45, 7) is 2.84. The molecule has 4 nitrogen and oxygen atoms in total. The van der Waals surface area contributed by atoms with E-state index in [1.165, 1.54) is 0 Å². The fraction of sp³-hybridized carbons (Fsp3) is 0.231. The van der Waals surface area contributed by atoms with E-state index in [0.717, 1.165) is 22.4 Å². The Bertz CT molecular complexity index is 631. The normalized spacial score (nSPS) is 22.4. The van der Waals surface area contributed by atoms with Gasteiger partial charge in [0.1, 0.15) is 5.54 Å². The van der Waals surface area contributed by atoms with Crippen LogP contribution in [-0.2, 0) is 12.1 Å². The van der Waals surface area contributed by atoms with Crippen LogP contribution in [-0.4, -0.2) is 15.4 Å². The molecule has 1 aromatic heterocycles. The van der Waals surface area contributed by atoms with Crippen molar-refractivity contribution in [3.8, 4) is 0 Å². The second-order valence-corrected chi connectivity index (χ2v) is 5.58. The van der Waals surface area contributed by atoms with Gasteiger partial charge in [-0.1, -0.05) is 28.1 Å². The minimum Gasteiger partial charge on any atom is -0.381 e. The highest BCUT2D eigenvalue weighted by atomic mass is 79.9. The first-order chi connectivity index (χ1) is 8.58. The molecule has 1 aliphatic heterocycles. The van der Waals surface area contributed by atoms with Crippen molar-refractivity contribution in [1.82, 2.24) is 9.55 Å². The van der Waals surface area contributed by atoms with Crippen molar-refractivity contribution in [3.63, 3.8) is 0 Å². The first-order valence-corrected chi connectivity index (χ1v) is 6.51. The predicted molar refractivity (Wildman–Crippen MR) is 74.4 cm³/mol. The van der Waals surface area contributed by atoms with Gasteiger partial charge in [-0.25, -0.2) is 4.98 Å². The zero-order chi connectivity index (χ0) is 12.8. The van der Waals surface area contributed by atoms with Crippen molar-refractivity contribution >= 4 is 21.8 Å². The highest BCUT2D eigenvalue weighted by Crippen LogP contribution is 2.32. The van der Waals surface area contributed by atoms with Gasteiger partial charge >= 0.3 is 0 Å². The minimum absolute atomic E-state index is 0.346. The van der Waals surface area contributed by atoms with Gasteiger partial charge in [0.2, 0.25) is 0 Å². The minimum atomic E-state index is -0.346. The number of hydrogen-bond donors (Lipinski definition) is 1. The molecular formula is C13H13BrN4. The van der Waals surface area contributed by atoms with Crippen LogP contribution in [0.5, 0.6) is 0 Å². The Hall–Kier alpha value is -1.62. The van der Waals surface area contributed by atoms with Crippen molar-refractivity contribution in [2.24, 2.45) is 10.7 Å². The summed E-state index contributed by atoms with van der Waals surface area (Å²) >= 11 is 3.49. The molecule has 1 aliphatic rings. The molecule has 2 heterocycles. The molecule has 92 valence electrons. The maximum Gasteiger partial charge on any atom is 0.175 e. The van der Waals surface area contributed by atoms with Crippen LogP contribution in [0, 0.1) is 0 Å². The molecule has 2 aromatic rings. The van der Waals surface area contributed by atoms with Gasteiger partial charge in [0.15, 0.2) is 11.7 Å². The third-order valence-electron chi connectivity index (χ3n) is 3.24. The van der Waals surface area contributed by atoms with Crippen LogP contribution in [0.2, 0.25) is 0 Å². The number of halogens is 1. The summed E-state index contributed by atoms with van der Waals surface area (Å²) in [6, 6.07) is 8.17. The van der Waals surface area contributed by atoms with E-state index in [9.17, 15) is 0 Å². The van der Waals surface area contributed by atoms with E-state index in [1.807, 2.05) is 22.9 Å². The molecule has 5 heteroatoms. The van der Waals surface area contributed by atoms with Crippen molar-refractivity contribution in [2.75, 3.05) is 0 Å². The molecule has 1 aromatic carbocycles. The molecule has 0 amide bonds. The van der Waals surface area contributed by atoms with E-state index in [2.05, 4.69) is 45.0 Å². The van der Waals surface area contributed by atoms with Crippen LogP contribution in [0.4, 0.5) is 0 Å². The van der Waals surface area contributed by atoms with Crippen LogP contribution < -0.4 is 5.73 Å². The molecule has 0 saturated heterocycles. The summed E-state index contributed by atoms with van der Waals surface area (Å²) in [4.78, 5) is 8.84. The van der Waals surface area contributed by atoms with E-state index < -0.39 is 0 Å². The smallest absolute Gasteiger partial charge is 0.175 e. The maximum absolute atomic E-state index is 6.00. The number of imidazole rings is 1. The summed E-state index contributed by atoms with van der Waals surface area (Å²) in [5.41, 5.74) is 6.79. The second kappa shape index (κ2) is 3.95. The first kappa shape index (κ1) is 11.5. The average molecular weight is 305 g/mol. The Kier molecular flexibility index (Phi) is 2.52. The molecule has 0 radical (unpaired) electrons. The van der Waals surface area contributed by atoms with Crippen LogP contribution in [0.15, 0.2) is 46.1 Å². The molecule has 0 aliphatic carbocycles. The second-order valence-electron chi connectivity index (χ2n) is 4.66. The fourth-order valence-corrected chi connectivity index (χ4v) is 2.73. The van der Waals surface area contributed by atoms with Crippen molar-refractivity contribution in [2.45, 2.75) is 19.0 Å². The number of nitrogens with two attached hydrogens (primary N) is 1. The van der Waals surface area contributed by atoms with Crippen molar-refractivity contribution < 1.29 is 0 Å². The van der Waals surface area contributed by atoms with Gasteiger partial charge < -0.3 is 10.3 Å². The molecule has 3 rings (SSSR count). The summed E-state index contributed by atoms with van der Waals surface area (Å²) in [5.74, 6) is 1.25. The Morgan fingerprint density at radius 1 is 1.44 bits per heavy atom. The maximum atomic E-state index is 6.00. The highest BCUT2D eigenvalue weighted by molar-refractivity contribution is 9.10. The third kappa shape index (κ3) is 1.75. The fourth-order valence-electron chi connectivity index (χ4n) is 2.33. The van der Waals surface area contributed by atoms with Crippen LogP contribution in [0.3, 0.4) is 0 Å². The SMILES string of the molecule is CC1(c2cccc(Br)c2)Cn2ccnc2C(N)=N1. The van der Waals surface area contributed by atoms with Crippen molar-refractivity contribution in [1.29, 1.82) is 0 Å². The molecule has 2 N–H and O–H groups in total. The quantitative estimate of drug-likeness (QED) is 0.879. The Morgan fingerprint density at radius 3 is 3.06 bits per heavy atom. The van der Waals surface area contributed by atoms with Gasteiger partial charge in [-0.15, -0.1) is 0 Å². The molecule has 0 fully saturated rings. The lowest BCUT2D eigenvalue weighted by molar-refractivity contribution is 0.400. The van der Waals surface area contributed by atoms with Crippen LogP contribution in [0.1, 0.15) is 18.3 Å². The highest BCUT2D eigenvalue weighted by Gasteiger charge is 2.32. The lowest BCUT2D eigenvalue weighted by Gasteiger charge is -2.31. The van der Waals surface area contributed by atoms with E-state index in [4.69, 9.17) is 5.73 Å². The molecule has 0 bridgehead atoms. The molecule has 0 saturated carbocycles. The zero-order valence-electron chi connectivity index (χ0n) is 9.97. The first-order valence-electron chi connectivity index (χ1n) is 5.71. The van der Waals surface area contributed by atoms with Gasteiger partial charge in [-0.2, -0.15) is 0 Å². The number of benzene rings is 1. The Labute approximate surface area is 114 Å². The summed E-state index contributed by atoms with van der Waals surface area (Å²) in [5, 5.41) is 0. The van der Waals surface area contributed by atoms with Crippen LogP contribution >= 0.6 is 15.9 Å². The molecule has 1 atom stereocenters. The standard InChI is InChI=1S/C13H13BrN4/c1-13(9-3-2-4-10(14)7-9)8-18-6-5-16-12(18)11(15)17-13/h2-7H,8H2,1H3,(H2,15,17). The number of amidine groups is 1. The Morgan fingerprint density at radius 2 is 2.28 bits per heavy atom. The number of nitrogens with zero attached hydrogens (tertiary/aromatic N) is 3. The van der Waals surface area contributed by atoms with E-state index in [0.29, 0.717) is 5.84 Å². The van der Waals surface area contributed by atoms with Crippen molar-refractivity contribution in [3.05, 3.63) is 52.5 Å². The topological polar surface area (TPSA) is 56.2 Å². The molecule has 1 unspecified atom stereocenters. The Balaban J connectivity index is 2.10. The van der Waals surface area contributed by atoms with Gasteiger partial charge in [-0.3, -0.25) is 4.99 Å². The zero-order valence-corrected chi connectivity index (χ0v) is 11.6. The average Bonchev–Trinajstić information content (AvgIpc) is 2.77. The monoisotopic (exact) mass is 304 g/mol. The van der Waals surface area contributed by atoms with E-state index >= 15 is 0 Å². The number of aromatic nitrogens is 2. The van der Waals surface area contributed by atoms with Gasteiger partial charge in [0.05, 0.1) is 6.54 Å². The van der Waals surface area contributed by atoms with Gasteiger partial charge in [0, 0.05) is 16.9 Å². The summed E-state index contributed by atoms with van der Waals surface area (Å²) in [7, 11) is 0. The van der Waals surface area contributed by atoms with E-state index in [-0.39, 0.29) is 5.54 Å². The molecule has 0 spiro atoms. The number of fused-ring (bicyclic) bond motifs is 1. The third-order valence-corrected chi connectivity index (χ3v) is 3.73. The number of rotatable bonds is 1. The van der Waals surface area contributed by atoms with Gasteiger partial charge in [0.25, 0.3) is 0 Å². The van der Waals surface area contributed by atoms with Gasteiger partial charge in [-0.05, 0) is 24.6 Å². The summed E-state index contributed by atoms with van der Waals surface area (Å²) < 4.78 is 3.09. The largest absolute Gasteiger partial charge is 0.381 e. The predicted octanol–water partition coefficient (Wildman–Crippen LogP) is 2.28. The summed E-state index contributed by atoms with van der Waals surface area (Å²) in [6.07, 6.45) is 3.69. The molecular weight excluding hydrogens is 292 g/mol. The molecule has 18 heavy (non-hydrogen) atoms.